The molecule has 0 unspecified atom stereocenters. The van der Waals surface area contributed by atoms with Crippen molar-refractivity contribution < 1.29 is 22.9 Å². The number of piperazine rings is 1. The number of carbonyl (C=O) groups excluding carboxylic acids is 1. The van der Waals surface area contributed by atoms with Gasteiger partial charge in [0.2, 0.25) is 0 Å². The highest BCUT2D eigenvalue weighted by molar-refractivity contribution is 7.99. The summed E-state index contributed by atoms with van der Waals surface area (Å²) in [6.45, 7) is 5.67. The van der Waals surface area contributed by atoms with Gasteiger partial charge in [0.25, 0.3) is 21.6 Å². The molecule has 0 radical (unpaired) electrons. The van der Waals surface area contributed by atoms with Crippen LogP contribution in [0.2, 0.25) is 0 Å². The van der Waals surface area contributed by atoms with E-state index in [1.807, 2.05) is 47.2 Å². The summed E-state index contributed by atoms with van der Waals surface area (Å²) >= 11 is 1.59. The van der Waals surface area contributed by atoms with Gasteiger partial charge in [-0.15, -0.1) is 11.8 Å². The minimum absolute atomic E-state index is 0.119. The van der Waals surface area contributed by atoms with Crippen LogP contribution in [-0.2, 0) is 16.4 Å². The number of ether oxygens (including phenoxy) is 1. The third kappa shape index (κ3) is 9.13. The molecule has 1 aliphatic heterocycles. The standard InChI is InChI=1S/C35H39N5O6S2/c1-38-19-21-39(22-20-38)18-16-26-8-14-31(34(24-26)46-2)27-9-11-28(12-10-27)35(41)37-48(44,45)30-13-15-32(33(25-30)40(42)43)36-17-23-47-29-6-4-3-5-7-29/h3-15,24-25,36H,16-23H2,1-2H3,(H,37,41). The van der Waals surface area contributed by atoms with E-state index in [-0.39, 0.29) is 16.1 Å². The first-order chi connectivity index (χ1) is 23.1. The van der Waals surface area contributed by atoms with Crippen molar-refractivity contribution in [2.45, 2.75) is 16.2 Å². The lowest BCUT2D eigenvalue weighted by Gasteiger charge is -2.32. The molecule has 1 saturated heterocycles. The van der Waals surface area contributed by atoms with Gasteiger partial charge in [-0.1, -0.05) is 42.5 Å². The van der Waals surface area contributed by atoms with Crippen LogP contribution < -0.4 is 14.8 Å². The molecule has 2 N–H and O–H groups in total. The van der Waals surface area contributed by atoms with Crippen LogP contribution in [0.5, 0.6) is 5.75 Å². The Bertz CT molecular complexity index is 1830. The van der Waals surface area contributed by atoms with E-state index in [4.69, 9.17) is 4.74 Å². The van der Waals surface area contributed by atoms with Crippen LogP contribution >= 0.6 is 11.8 Å². The summed E-state index contributed by atoms with van der Waals surface area (Å²) in [4.78, 5) is 29.6. The second-order valence-corrected chi connectivity index (χ2v) is 14.3. The van der Waals surface area contributed by atoms with Gasteiger partial charge in [0.15, 0.2) is 0 Å². The van der Waals surface area contributed by atoms with Gasteiger partial charge >= 0.3 is 0 Å². The highest BCUT2D eigenvalue weighted by Gasteiger charge is 2.24. The summed E-state index contributed by atoms with van der Waals surface area (Å²) in [5, 5.41) is 14.8. The third-order valence-corrected chi connectivity index (χ3v) is 10.5. The van der Waals surface area contributed by atoms with Gasteiger partial charge in [0, 0.05) is 67.1 Å². The Hall–Kier alpha value is -4.43. The second kappa shape index (κ2) is 16.1. The van der Waals surface area contributed by atoms with Gasteiger partial charge in [-0.25, -0.2) is 13.1 Å². The molecule has 1 aliphatic rings. The number of rotatable bonds is 14. The maximum atomic E-state index is 13.1. The van der Waals surface area contributed by atoms with E-state index in [1.54, 1.807) is 31.0 Å². The number of likely N-dealkylation sites (N-methyl/N-ethyl adjacent to an activating group) is 1. The Balaban J connectivity index is 1.20. The first kappa shape index (κ1) is 34.9. The minimum atomic E-state index is -4.40. The molecule has 13 heteroatoms. The molecule has 0 bridgehead atoms. The van der Waals surface area contributed by atoms with Crippen molar-refractivity contribution in [2.24, 2.45) is 0 Å². The van der Waals surface area contributed by atoms with Crippen LogP contribution in [0.15, 0.2) is 101 Å². The summed E-state index contributed by atoms with van der Waals surface area (Å²) in [5.74, 6) is 0.501. The Morgan fingerprint density at radius 2 is 1.69 bits per heavy atom. The molecule has 5 rings (SSSR count). The number of hydrogen-bond donors (Lipinski definition) is 2. The lowest BCUT2D eigenvalue weighted by Crippen LogP contribution is -2.45. The molecule has 1 amide bonds. The van der Waals surface area contributed by atoms with E-state index in [0.717, 1.165) is 61.2 Å². The van der Waals surface area contributed by atoms with Gasteiger partial charge in [-0.05, 0) is 67.1 Å². The quantitative estimate of drug-likeness (QED) is 0.0769. The molecule has 1 fully saturated rings. The van der Waals surface area contributed by atoms with E-state index < -0.39 is 26.5 Å². The van der Waals surface area contributed by atoms with E-state index in [9.17, 15) is 23.3 Å². The van der Waals surface area contributed by atoms with Crippen molar-refractivity contribution in [1.29, 1.82) is 0 Å². The number of nitro benzene ring substituents is 1. The molecule has 0 saturated carbocycles. The van der Waals surface area contributed by atoms with Crippen LogP contribution in [0.1, 0.15) is 15.9 Å². The predicted octanol–water partition coefficient (Wildman–Crippen LogP) is 5.38. The molecule has 11 nitrogen and oxygen atoms in total. The summed E-state index contributed by atoms with van der Waals surface area (Å²) in [7, 11) is -0.636. The normalized spacial score (nSPS) is 14.0. The number of thioether (sulfide) groups is 1. The lowest BCUT2D eigenvalue weighted by atomic mass is 10.00. The molecule has 252 valence electrons. The van der Waals surface area contributed by atoms with Crippen LogP contribution in [0, 0.1) is 10.1 Å². The molecular formula is C35H39N5O6S2. The highest BCUT2D eigenvalue weighted by Crippen LogP contribution is 2.32. The smallest absolute Gasteiger partial charge is 0.293 e. The first-order valence-corrected chi connectivity index (χ1v) is 18.1. The lowest BCUT2D eigenvalue weighted by molar-refractivity contribution is -0.384. The van der Waals surface area contributed by atoms with Gasteiger partial charge in [0.1, 0.15) is 11.4 Å². The maximum absolute atomic E-state index is 13.1. The molecule has 48 heavy (non-hydrogen) atoms. The van der Waals surface area contributed by atoms with Gasteiger partial charge < -0.3 is 19.9 Å². The zero-order valence-electron chi connectivity index (χ0n) is 26.9. The number of carbonyl (C=O) groups is 1. The van der Waals surface area contributed by atoms with Crippen LogP contribution in [-0.4, -0.2) is 88.2 Å². The average Bonchev–Trinajstić information content (AvgIpc) is 3.10. The molecule has 0 aliphatic carbocycles. The van der Waals surface area contributed by atoms with Gasteiger partial charge in [-0.3, -0.25) is 14.9 Å². The number of methoxy groups -OCH3 is 1. The topological polar surface area (TPSA) is 134 Å². The number of hydrogen-bond acceptors (Lipinski definition) is 10. The second-order valence-electron chi connectivity index (χ2n) is 11.5. The largest absolute Gasteiger partial charge is 0.496 e. The Morgan fingerprint density at radius 3 is 2.38 bits per heavy atom. The van der Waals surface area contributed by atoms with E-state index in [1.165, 1.54) is 29.8 Å². The number of anilines is 1. The fraction of sp³-hybridized carbons (Fsp3) is 0.286. The number of nitrogens with one attached hydrogen (secondary N) is 2. The third-order valence-electron chi connectivity index (χ3n) is 8.17. The van der Waals surface area contributed by atoms with Crippen LogP contribution in [0.4, 0.5) is 11.4 Å². The van der Waals surface area contributed by atoms with Crippen molar-refractivity contribution in [3.05, 3.63) is 112 Å². The first-order valence-electron chi connectivity index (χ1n) is 15.6. The number of sulfonamides is 1. The average molecular weight is 690 g/mol. The minimum Gasteiger partial charge on any atom is -0.496 e. The Kier molecular flexibility index (Phi) is 11.7. The van der Waals surface area contributed by atoms with E-state index >= 15 is 0 Å². The number of benzene rings is 4. The molecule has 4 aromatic rings. The molecule has 1 heterocycles. The summed E-state index contributed by atoms with van der Waals surface area (Å²) < 4.78 is 33.9. The zero-order valence-corrected chi connectivity index (χ0v) is 28.6. The summed E-state index contributed by atoms with van der Waals surface area (Å²) in [5.41, 5.74) is 2.72. The molecule has 4 aromatic carbocycles. The van der Waals surface area contributed by atoms with Crippen molar-refractivity contribution in [2.75, 3.05) is 64.5 Å². The van der Waals surface area contributed by atoms with Crippen molar-refractivity contribution in [1.82, 2.24) is 14.5 Å². The summed E-state index contributed by atoms with van der Waals surface area (Å²) in [6, 6.07) is 25.9. The fourth-order valence-corrected chi connectivity index (χ4v) is 7.16. The Morgan fingerprint density at radius 1 is 0.958 bits per heavy atom. The molecule has 0 spiro atoms. The fourth-order valence-electron chi connectivity index (χ4n) is 5.38. The monoisotopic (exact) mass is 689 g/mol. The van der Waals surface area contributed by atoms with E-state index in [0.29, 0.717) is 18.0 Å². The SMILES string of the molecule is COc1cc(CCN2CCN(C)CC2)ccc1-c1ccc(C(=O)NS(=O)(=O)c2ccc(NCCSc3ccccc3)c([N+](=O)[O-])c2)cc1. The van der Waals surface area contributed by atoms with Crippen molar-refractivity contribution in [3.8, 4) is 16.9 Å². The molecular weight excluding hydrogens is 651 g/mol. The van der Waals surface area contributed by atoms with Gasteiger partial charge in [0.05, 0.1) is 16.9 Å². The zero-order chi connectivity index (χ0) is 34.1. The highest BCUT2D eigenvalue weighted by atomic mass is 32.2. The van der Waals surface area contributed by atoms with Crippen LogP contribution in [0.3, 0.4) is 0 Å². The Labute approximate surface area is 285 Å². The summed E-state index contributed by atoms with van der Waals surface area (Å²) in [6.07, 6.45) is 0.907. The van der Waals surface area contributed by atoms with Crippen molar-refractivity contribution >= 4 is 39.1 Å². The number of nitro groups is 1. The maximum Gasteiger partial charge on any atom is 0.293 e. The van der Waals surface area contributed by atoms with Crippen LogP contribution in [0.25, 0.3) is 11.1 Å². The number of amides is 1. The molecule has 0 aromatic heterocycles. The van der Waals surface area contributed by atoms with E-state index in [2.05, 4.69) is 28.2 Å². The molecule has 0 atom stereocenters. The predicted molar refractivity (Wildman–Crippen MR) is 189 cm³/mol. The van der Waals surface area contributed by atoms with Gasteiger partial charge in [-0.2, -0.15) is 0 Å². The van der Waals surface area contributed by atoms with Crippen molar-refractivity contribution in [3.63, 3.8) is 0 Å². The number of nitrogens with zero attached hydrogens (tertiary/aromatic N) is 3.